The molecule has 2 aromatic rings. The summed E-state index contributed by atoms with van der Waals surface area (Å²) in [4.78, 5) is 8.54. The van der Waals surface area contributed by atoms with Crippen LogP contribution in [-0.2, 0) is 6.61 Å². The number of anilines is 1. The monoisotopic (exact) mass is 332 g/mol. The van der Waals surface area contributed by atoms with Crippen molar-refractivity contribution in [3.8, 4) is 11.8 Å². The Bertz CT molecular complexity index is 715. The van der Waals surface area contributed by atoms with Crippen molar-refractivity contribution in [1.29, 1.82) is 5.26 Å². The van der Waals surface area contributed by atoms with Gasteiger partial charge in [-0.1, -0.05) is 25.6 Å². The van der Waals surface area contributed by atoms with Crippen molar-refractivity contribution in [2.45, 2.75) is 37.3 Å². The Balaban J connectivity index is 2.21. The molecule has 2 rings (SSSR count). The van der Waals surface area contributed by atoms with E-state index in [9.17, 15) is 9.65 Å². The zero-order chi connectivity index (χ0) is 16.8. The lowest BCUT2D eigenvalue weighted by Gasteiger charge is -2.11. The number of halogens is 1. The van der Waals surface area contributed by atoms with Gasteiger partial charge >= 0.3 is 0 Å². The van der Waals surface area contributed by atoms with Crippen LogP contribution in [0.3, 0.4) is 0 Å². The van der Waals surface area contributed by atoms with Crippen LogP contribution in [0.4, 0.5) is 10.2 Å². The van der Waals surface area contributed by atoms with Gasteiger partial charge in [-0.15, -0.1) is 0 Å². The van der Waals surface area contributed by atoms with Crippen LogP contribution in [-0.4, -0.2) is 15.2 Å². The highest BCUT2D eigenvalue weighted by Crippen LogP contribution is 2.25. The lowest BCUT2D eigenvalue weighted by atomic mass is 10.2. The summed E-state index contributed by atoms with van der Waals surface area (Å²) in [6.45, 7) is 4.20. The van der Waals surface area contributed by atoms with Crippen molar-refractivity contribution in [3.63, 3.8) is 0 Å². The predicted molar refractivity (Wildman–Crippen MR) is 87.5 cm³/mol. The Kier molecular flexibility index (Phi) is 5.77. The van der Waals surface area contributed by atoms with Gasteiger partial charge in [-0.25, -0.2) is 14.4 Å². The van der Waals surface area contributed by atoms with Gasteiger partial charge in [0.2, 0.25) is 0 Å². The summed E-state index contributed by atoms with van der Waals surface area (Å²) in [5.74, 6) is 0.295. The van der Waals surface area contributed by atoms with Gasteiger partial charge in [0.15, 0.2) is 5.16 Å². The number of nitrogens with zero attached hydrogens (tertiary/aromatic N) is 3. The maximum absolute atomic E-state index is 12.9. The highest BCUT2D eigenvalue weighted by atomic mass is 32.2. The number of hydrogen-bond donors (Lipinski definition) is 1. The highest BCUT2D eigenvalue weighted by molar-refractivity contribution is 7.99. The number of aromatic nitrogens is 2. The van der Waals surface area contributed by atoms with Crippen molar-refractivity contribution in [2.24, 2.45) is 0 Å². The first-order chi connectivity index (χ1) is 11.0. The second-order valence-electron chi connectivity index (χ2n) is 4.90. The molecule has 0 aliphatic carbocycles. The van der Waals surface area contributed by atoms with Gasteiger partial charge in [-0.05, 0) is 30.7 Å². The third-order valence-electron chi connectivity index (χ3n) is 3.17. The SMILES string of the molecule is CC[C@H](C)Sc1nc(N)c(C#N)c(COc2ccc(F)cc2)n1. The van der Waals surface area contributed by atoms with Crippen LogP contribution >= 0.6 is 11.8 Å². The average Bonchev–Trinajstić information content (AvgIpc) is 2.54. The minimum atomic E-state index is -0.339. The highest BCUT2D eigenvalue weighted by Gasteiger charge is 2.15. The molecule has 0 fully saturated rings. The van der Waals surface area contributed by atoms with Crippen LogP contribution in [0.2, 0.25) is 0 Å². The summed E-state index contributed by atoms with van der Waals surface area (Å²) >= 11 is 1.50. The molecular weight excluding hydrogens is 315 g/mol. The molecule has 0 saturated heterocycles. The summed E-state index contributed by atoms with van der Waals surface area (Å²) < 4.78 is 18.4. The molecule has 0 bridgehead atoms. The maximum atomic E-state index is 12.9. The van der Waals surface area contributed by atoms with Crippen molar-refractivity contribution in [1.82, 2.24) is 9.97 Å². The van der Waals surface area contributed by atoms with Crippen LogP contribution in [0.25, 0.3) is 0 Å². The molecule has 0 saturated carbocycles. The fourth-order valence-electron chi connectivity index (χ4n) is 1.73. The molecule has 0 unspecified atom stereocenters. The minimum Gasteiger partial charge on any atom is -0.487 e. The van der Waals surface area contributed by atoms with Crippen LogP contribution in [0.5, 0.6) is 5.75 Å². The zero-order valence-electron chi connectivity index (χ0n) is 12.9. The summed E-state index contributed by atoms with van der Waals surface area (Å²) in [6.07, 6.45) is 0.968. The minimum absolute atomic E-state index is 0.0648. The molecule has 2 N–H and O–H groups in total. The Hall–Kier alpha value is -2.33. The number of rotatable bonds is 6. The number of thioether (sulfide) groups is 1. The second kappa shape index (κ2) is 7.79. The lowest BCUT2D eigenvalue weighted by Crippen LogP contribution is -2.09. The van der Waals surface area contributed by atoms with Crippen molar-refractivity contribution in [3.05, 3.63) is 41.3 Å². The molecule has 1 aromatic carbocycles. The number of hydrogen-bond acceptors (Lipinski definition) is 6. The second-order valence-corrected chi connectivity index (χ2v) is 6.31. The Labute approximate surface area is 138 Å². The van der Waals surface area contributed by atoms with E-state index in [0.29, 0.717) is 21.8 Å². The lowest BCUT2D eigenvalue weighted by molar-refractivity contribution is 0.299. The molecule has 0 aliphatic rings. The summed E-state index contributed by atoms with van der Waals surface area (Å²) in [5, 5.41) is 10.1. The fraction of sp³-hybridized carbons (Fsp3) is 0.312. The summed E-state index contributed by atoms with van der Waals surface area (Å²) in [6, 6.07) is 7.64. The van der Waals surface area contributed by atoms with E-state index in [-0.39, 0.29) is 23.8 Å². The van der Waals surface area contributed by atoms with Gasteiger partial charge in [0.05, 0.1) is 0 Å². The van der Waals surface area contributed by atoms with E-state index in [1.165, 1.54) is 36.0 Å². The van der Waals surface area contributed by atoms with E-state index in [2.05, 4.69) is 23.8 Å². The molecule has 120 valence electrons. The molecule has 0 amide bonds. The standard InChI is InChI=1S/C16H17FN4OS/c1-3-10(2)23-16-20-14(13(8-18)15(19)21-16)9-22-12-6-4-11(17)5-7-12/h4-7,10H,3,9H2,1-2H3,(H2,19,20,21)/t10-/m0/s1. The average molecular weight is 332 g/mol. The van der Waals surface area contributed by atoms with Gasteiger partial charge in [-0.3, -0.25) is 0 Å². The quantitative estimate of drug-likeness (QED) is 0.643. The molecule has 1 heterocycles. The van der Waals surface area contributed by atoms with E-state index in [1.807, 2.05) is 6.07 Å². The van der Waals surface area contributed by atoms with E-state index in [1.54, 1.807) is 0 Å². The Morgan fingerprint density at radius 2 is 2.04 bits per heavy atom. The first-order valence-electron chi connectivity index (χ1n) is 7.15. The number of nitrogen functional groups attached to an aromatic ring is 1. The van der Waals surface area contributed by atoms with Crippen LogP contribution in [0.1, 0.15) is 31.5 Å². The topological polar surface area (TPSA) is 84.8 Å². The molecule has 1 atom stereocenters. The number of benzene rings is 1. The van der Waals surface area contributed by atoms with Crippen molar-refractivity contribution in [2.75, 3.05) is 5.73 Å². The van der Waals surface area contributed by atoms with E-state index in [4.69, 9.17) is 10.5 Å². The van der Waals surface area contributed by atoms with Gasteiger partial charge in [-0.2, -0.15) is 5.26 Å². The van der Waals surface area contributed by atoms with Gasteiger partial charge in [0, 0.05) is 5.25 Å². The normalized spacial score (nSPS) is 11.7. The molecule has 5 nitrogen and oxygen atoms in total. The maximum Gasteiger partial charge on any atom is 0.190 e. The summed E-state index contributed by atoms with van der Waals surface area (Å²) in [7, 11) is 0. The van der Waals surface area contributed by atoms with Gasteiger partial charge < -0.3 is 10.5 Å². The molecule has 0 spiro atoms. The molecular formula is C16H17FN4OS. The van der Waals surface area contributed by atoms with E-state index in [0.717, 1.165) is 6.42 Å². The third-order valence-corrected chi connectivity index (χ3v) is 4.30. The molecule has 23 heavy (non-hydrogen) atoms. The van der Waals surface area contributed by atoms with E-state index >= 15 is 0 Å². The van der Waals surface area contributed by atoms with Crippen molar-refractivity contribution >= 4 is 17.6 Å². The van der Waals surface area contributed by atoms with Crippen LogP contribution in [0.15, 0.2) is 29.4 Å². The first-order valence-corrected chi connectivity index (χ1v) is 8.03. The van der Waals surface area contributed by atoms with Crippen LogP contribution < -0.4 is 10.5 Å². The Morgan fingerprint density at radius 1 is 1.35 bits per heavy atom. The van der Waals surface area contributed by atoms with Crippen LogP contribution in [0, 0.1) is 17.1 Å². The van der Waals surface area contributed by atoms with E-state index < -0.39 is 0 Å². The molecule has 7 heteroatoms. The number of ether oxygens (including phenoxy) is 1. The zero-order valence-corrected chi connectivity index (χ0v) is 13.7. The number of nitrogens with two attached hydrogens (primary N) is 1. The Morgan fingerprint density at radius 3 is 2.65 bits per heavy atom. The molecule has 1 aromatic heterocycles. The van der Waals surface area contributed by atoms with Gasteiger partial charge in [0.25, 0.3) is 0 Å². The summed E-state index contributed by atoms with van der Waals surface area (Å²) in [5.41, 5.74) is 6.48. The molecule has 0 radical (unpaired) electrons. The third kappa shape index (κ3) is 4.57. The predicted octanol–water partition coefficient (Wildman–Crippen LogP) is 3.54. The number of nitriles is 1. The fourth-order valence-corrected chi connectivity index (χ4v) is 2.57. The first kappa shape index (κ1) is 17.0. The van der Waals surface area contributed by atoms with Crippen molar-refractivity contribution < 1.29 is 9.13 Å². The smallest absolute Gasteiger partial charge is 0.190 e. The van der Waals surface area contributed by atoms with Gasteiger partial charge in [0.1, 0.15) is 41.3 Å². The molecule has 0 aliphatic heterocycles. The largest absolute Gasteiger partial charge is 0.487 e.